The standard InChI is InChI=1S/C14H17ClN2O3S/c15-14-9-13(6-5-11(14)10-16)21(19,20)17(7-8-18)12-3-1-2-4-12/h5-6,9,12,18H,1-4,7-8H2. The Morgan fingerprint density at radius 3 is 2.57 bits per heavy atom. The van der Waals surface area contributed by atoms with E-state index in [1.54, 1.807) is 0 Å². The molecular weight excluding hydrogens is 312 g/mol. The zero-order valence-corrected chi connectivity index (χ0v) is 13.1. The fourth-order valence-electron chi connectivity index (χ4n) is 2.67. The van der Waals surface area contributed by atoms with Crippen molar-refractivity contribution >= 4 is 21.6 Å². The molecule has 1 aliphatic carbocycles. The maximum Gasteiger partial charge on any atom is 0.243 e. The predicted octanol–water partition coefficient (Wildman–Crippen LogP) is 2.14. The highest BCUT2D eigenvalue weighted by Gasteiger charge is 2.33. The Hall–Kier alpha value is -1.13. The van der Waals surface area contributed by atoms with Gasteiger partial charge in [0.2, 0.25) is 10.0 Å². The third-order valence-electron chi connectivity index (χ3n) is 3.72. The SMILES string of the molecule is N#Cc1ccc(S(=O)(=O)N(CCO)C2CCCC2)cc1Cl. The van der Waals surface area contributed by atoms with E-state index in [1.807, 2.05) is 6.07 Å². The number of hydrogen-bond acceptors (Lipinski definition) is 4. The van der Waals surface area contributed by atoms with E-state index in [0.29, 0.717) is 0 Å². The number of rotatable bonds is 5. The fraction of sp³-hybridized carbons (Fsp3) is 0.500. The lowest BCUT2D eigenvalue weighted by atomic mass is 10.2. The minimum atomic E-state index is -3.71. The topological polar surface area (TPSA) is 81.4 Å². The van der Waals surface area contributed by atoms with Gasteiger partial charge in [-0.15, -0.1) is 0 Å². The lowest BCUT2D eigenvalue weighted by Gasteiger charge is -2.27. The van der Waals surface area contributed by atoms with Crippen molar-refractivity contribution in [3.8, 4) is 6.07 Å². The van der Waals surface area contributed by atoms with Crippen LogP contribution in [0.3, 0.4) is 0 Å². The number of aliphatic hydroxyl groups excluding tert-OH is 1. The second-order valence-corrected chi connectivity index (χ2v) is 7.33. The molecule has 0 bridgehead atoms. The first kappa shape index (κ1) is 16.2. The lowest BCUT2D eigenvalue weighted by molar-refractivity contribution is 0.226. The summed E-state index contributed by atoms with van der Waals surface area (Å²) in [6.07, 6.45) is 3.61. The van der Waals surface area contributed by atoms with Crippen LogP contribution in [-0.2, 0) is 10.0 Å². The molecule has 0 saturated heterocycles. The molecule has 114 valence electrons. The fourth-order valence-corrected chi connectivity index (χ4v) is 4.66. The number of aliphatic hydroxyl groups is 1. The minimum absolute atomic E-state index is 0.0619. The number of benzene rings is 1. The molecule has 0 radical (unpaired) electrons. The van der Waals surface area contributed by atoms with Gasteiger partial charge in [-0.05, 0) is 31.0 Å². The normalized spacial score (nSPS) is 16.3. The largest absolute Gasteiger partial charge is 0.395 e. The summed E-state index contributed by atoms with van der Waals surface area (Å²) >= 11 is 5.92. The zero-order valence-electron chi connectivity index (χ0n) is 11.5. The van der Waals surface area contributed by atoms with Crippen LogP contribution in [0.4, 0.5) is 0 Å². The molecule has 1 aromatic rings. The van der Waals surface area contributed by atoms with Gasteiger partial charge >= 0.3 is 0 Å². The number of nitriles is 1. The van der Waals surface area contributed by atoms with Gasteiger partial charge in [0, 0.05) is 12.6 Å². The van der Waals surface area contributed by atoms with E-state index in [1.165, 1.54) is 22.5 Å². The Balaban J connectivity index is 2.38. The maximum absolute atomic E-state index is 12.7. The molecule has 21 heavy (non-hydrogen) atoms. The molecule has 0 amide bonds. The van der Waals surface area contributed by atoms with Gasteiger partial charge < -0.3 is 5.11 Å². The van der Waals surface area contributed by atoms with Crippen LogP contribution in [0.15, 0.2) is 23.1 Å². The first-order chi connectivity index (χ1) is 10.0. The molecule has 2 rings (SSSR count). The van der Waals surface area contributed by atoms with E-state index in [9.17, 15) is 8.42 Å². The number of sulfonamides is 1. The Labute approximate surface area is 129 Å². The van der Waals surface area contributed by atoms with Crippen LogP contribution >= 0.6 is 11.6 Å². The van der Waals surface area contributed by atoms with Crippen LogP contribution in [0.5, 0.6) is 0 Å². The van der Waals surface area contributed by atoms with Gasteiger partial charge in [-0.1, -0.05) is 24.4 Å². The second kappa shape index (κ2) is 6.75. The number of halogens is 1. The van der Waals surface area contributed by atoms with Crippen molar-refractivity contribution < 1.29 is 13.5 Å². The lowest BCUT2D eigenvalue weighted by Crippen LogP contribution is -2.40. The van der Waals surface area contributed by atoms with Crippen molar-refractivity contribution in [2.75, 3.05) is 13.2 Å². The quantitative estimate of drug-likeness (QED) is 0.897. The first-order valence-electron chi connectivity index (χ1n) is 6.83. The molecule has 5 nitrogen and oxygen atoms in total. The molecule has 7 heteroatoms. The van der Waals surface area contributed by atoms with Gasteiger partial charge in [0.1, 0.15) is 6.07 Å². The van der Waals surface area contributed by atoms with E-state index in [-0.39, 0.29) is 34.7 Å². The van der Waals surface area contributed by atoms with Crippen molar-refractivity contribution in [1.82, 2.24) is 4.31 Å². The van der Waals surface area contributed by atoms with Gasteiger partial charge in [0.25, 0.3) is 0 Å². The Morgan fingerprint density at radius 1 is 1.38 bits per heavy atom. The Kier molecular flexibility index (Phi) is 5.22. The molecule has 1 fully saturated rings. The molecule has 0 unspecified atom stereocenters. The second-order valence-electron chi connectivity index (χ2n) is 5.03. The van der Waals surface area contributed by atoms with Crippen LogP contribution in [-0.4, -0.2) is 37.0 Å². The summed E-state index contributed by atoms with van der Waals surface area (Å²) in [5.74, 6) is 0. The highest BCUT2D eigenvalue weighted by atomic mass is 35.5. The van der Waals surface area contributed by atoms with E-state index in [2.05, 4.69) is 0 Å². The van der Waals surface area contributed by atoms with E-state index in [0.717, 1.165) is 25.7 Å². The molecular formula is C14H17ClN2O3S. The molecule has 1 aromatic carbocycles. The van der Waals surface area contributed by atoms with Crippen molar-refractivity contribution in [3.63, 3.8) is 0 Å². The molecule has 0 atom stereocenters. The zero-order chi connectivity index (χ0) is 15.5. The summed E-state index contributed by atoms with van der Waals surface area (Å²) < 4.78 is 26.8. The smallest absolute Gasteiger partial charge is 0.243 e. The summed E-state index contributed by atoms with van der Waals surface area (Å²) in [6.45, 7) is -0.148. The van der Waals surface area contributed by atoms with Crippen LogP contribution in [0.2, 0.25) is 5.02 Å². The monoisotopic (exact) mass is 328 g/mol. The van der Waals surface area contributed by atoms with E-state index in [4.69, 9.17) is 22.0 Å². The summed E-state index contributed by atoms with van der Waals surface area (Å²) in [5.41, 5.74) is 0.241. The van der Waals surface area contributed by atoms with Gasteiger partial charge in [0.05, 0.1) is 22.1 Å². The summed E-state index contributed by atoms with van der Waals surface area (Å²) in [7, 11) is -3.71. The van der Waals surface area contributed by atoms with E-state index < -0.39 is 10.0 Å². The summed E-state index contributed by atoms with van der Waals surface area (Å²) in [4.78, 5) is 0.0619. The molecule has 1 saturated carbocycles. The number of hydrogen-bond donors (Lipinski definition) is 1. The Bertz CT molecular complexity index is 649. The minimum Gasteiger partial charge on any atom is -0.395 e. The van der Waals surface area contributed by atoms with Gasteiger partial charge in [-0.3, -0.25) is 0 Å². The third-order valence-corrected chi connectivity index (χ3v) is 5.98. The highest BCUT2D eigenvalue weighted by molar-refractivity contribution is 7.89. The molecule has 0 aliphatic heterocycles. The molecule has 0 aromatic heterocycles. The van der Waals surface area contributed by atoms with Gasteiger partial charge in [-0.2, -0.15) is 9.57 Å². The van der Waals surface area contributed by atoms with Gasteiger partial charge in [-0.25, -0.2) is 8.42 Å². The molecule has 1 aliphatic rings. The van der Waals surface area contributed by atoms with Crippen molar-refractivity contribution in [2.45, 2.75) is 36.6 Å². The van der Waals surface area contributed by atoms with E-state index >= 15 is 0 Å². The van der Waals surface area contributed by atoms with Crippen LogP contribution in [0.1, 0.15) is 31.2 Å². The molecule has 0 heterocycles. The third kappa shape index (κ3) is 3.38. The van der Waals surface area contributed by atoms with Crippen LogP contribution in [0.25, 0.3) is 0 Å². The van der Waals surface area contributed by atoms with Crippen molar-refractivity contribution in [1.29, 1.82) is 5.26 Å². The first-order valence-corrected chi connectivity index (χ1v) is 8.65. The molecule has 0 spiro atoms. The maximum atomic E-state index is 12.7. The summed E-state index contributed by atoms with van der Waals surface area (Å²) in [6, 6.07) is 5.92. The molecule has 1 N–H and O–H groups in total. The van der Waals surface area contributed by atoms with Crippen molar-refractivity contribution in [2.24, 2.45) is 0 Å². The average Bonchev–Trinajstić information content (AvgIpc) is 2.98. The van der Waals surface area contributed by atoms with Gasteiger partial charge in [0.15, 0.2) is 0 Å². The predicted molar refractivity (Wildman–Crippen MR) is 79.4 cm³/mol. The Morgan fingerprint density at radius 2 is 2.05 bits per heavy atom. The van der Waals surface area contributed by atoms with Crippen molar-refractivity contribution in [3.05, 3.63) is 28.8 Å². The summed E-state index contributed by atoms with van der Waals surface area (Å²) in [5, 5.41) is 18.1. The average molecular weight is 329 g/mol. The van der Waals surface area contributed by atoms with Crippen LogP contribution in [0, 0.1) is 11.3 Å². The highest BCUT2D eigenvalue weighted by Crippen LogP contribution is 2.30. The number of nitrogens with zero attached hydrogens (tertiary/aromatic N) is 2. The van der Waals surface area contributed by atoms with Crippen LogP contribution < -0.4 is 0 Å².